The lowest BCUT2D eigenvalue weighted by Crippen LogP contribution is -2.44. The van der Waals surface area contributed by atoms with E-state index in [0.29, 0.717) is 25.3 Å². The maximum atomic E-state index is 12.7. The van der Waals surface area contributed by atoms with Gasteiger partial charge in [0.2, 0.25) is 15.9 Å². The SMILES string of the molecule is O=C(CNS(=O)(=O)c1cccc(C(F)(F)F)c1)N[C@H]1CCC[C@H]1C(=O)O. The number of alkyl halides is 3. The first kappa shape index (κ1) is 20.2. The summed E-state index contributed by atoms with van der Waals surface area (Å²) >= 11 is 0. The van der Waals surface area contributed by atoms with E-state index >= 15 is 0 Å². The third-order valence-corrected chi connectivity index (χ3v) is 5.47. The zero-order valence-electron chi connectivity index (χ0n) is 13.4. The highest BCUT2D eigenvalue weighted by atomic mass is 32.2. The summed E-state index contributed by atoms with van der Waals surface area (Å²) in [7, 11) is -4.33. The quantitative estimate of drug-likeness (QED) is 0.674. The van der Waals surface area contributed by atoms with Crippen LogP contribution >= 0.6 is 0 Å². The lowest BCUT2D eigenvalue weighted by Gasteiger charge is -2.17. The van der Waals surface area contributed by atoms with E-state index in [1.54, 1.807) is 0 Å². The normalized spacial score (nSPS) is 20.7. The molecule has 1 aromatic rings. The Balaban J connectivity index is 2.00. The third kappa shape index (κ3) is 4.94. The molecule has 0 aromatic heterocycles. The number of carboxylic acid groups (broad SMARTS) is 1. The highest BCUT2D eigenvalue weighted by Gasteiger charge is 2.34. The molecule has 7 nitrogen and oxygen atoms in total. The molecular weight excluding hydrogens is 377 g/mol. The van der Waals surface area contributed by atoms with E-state index in [1.807, 2.05) is 4.72 Å². The van der Waals surface area contributed by atoms with Crippen LogP contribution in [0.15, 0.2) is 29.2 Å². The van der Waals surface area contributed by atoms with Crippen LogP contribution in [0.1, 0.15) is 24.8 Å². The smallest absolute Gasteiger partial charge is 0.416 e. The van der Waals surface area contributed by atoms with Gasteiger partial charge in [0.05, 0.1) is 22.9 Å². The molecular formula is C15H17F3N2O5S. The molecule has 144 valence electrons. The van der Waals surface area contributed by atoms with Crippen molar-refractivity contribution < 1.29 is 36.3 Å². The van der Waals surface area contributed by atoms with Gasteiger partial charge in [-0.05, 0) is 31.0 Å². The lowest BCUT2D eigenvalue weighted by atomic mass is 10.0. The number of carbonyl (C=O) groups excluding carboxylic acids is 1. The Kier molecular flexibility index (Phi) is 5.91. The monoisotopic (exact) mass is 394 g/mol. The number of carboxylic acids is 1. The van der Waals surface area contributed by atoms with Crippen LogP contribution in [0.3, 0.4) is 0 Å². The van der Waals surface area contributed by atoms with Crippen molar-refractivity contribution in [2.75, 3.05) is 6.54 Å². The van der Waals surface area contributed by atoms with Crippen LogP contribution < -0.4 is 10.0 Å². The number of nitrogens with one attached hydrogen (secondary N) is 2. The van der Waals surface area contributed by atoms with E-state index in [2.05, 4.69) is 5.32 Å². The minimum Gasteiger partial charge on any atom is -0.481 e. The van der Waals surface area contributed by atoms with Crippen LogP contribution in [0.5, 0.6) is 0 Å². The van der Waals surface area contributed by atoms with Crippen molar-refractivity contribution in [1.82, 2.24) is 10.0 Å². The average Bonchev–Trinajstić information content (AvgIpc) is 3.01. The molecule has 0 heterocycles. The second-order valence-corrected chi connectivity index (χ2v) is 7.67. The van der Waals surface area contributed by atoms with Crippen molar-refractivity contribution in [2.24, 2.45) is 5.92 Å². The van der Waals surface area contributed by atoms with Gasteiger partial charge in [-0.3, -0.25) is 9.59 Å². The summed E-state index contributed by atoms with van der Waals surface area (Å²) in [6.07, 6.45) is -3.20. The maximum absolute atomic E-state index is 12.7. The van der Waals surface area contributed by atoms with Gasteiger partial charge in [0.15, 0.2) is 0 Å². The van der Waals surface area contributed by atoms with Crippen LogP contribution in [0.2, 0.25) is 0 Å². The minimum atomic E-state index is -4.70. The molecule has 0 aliphatic heterocycles. The third-order valence-electron chi connectivity index (χ3n) is 4.07. The minimum absolute atomic E-state index is 0.413. The van der Waals surface area contributed by atoms with E-state index in [9.17, 15) is 31.2 Å². The van der Waals surface area contributed by atoms with Crippen molar-refractivity contribution >= 4 is 21.9 Å². The molecule has 2 rings (SSSR count). The van der Waals surface area contributed by atoms with Crippen molar-refractivity contribution in [3.63, 3.8) is 0 Å². The average molecular weight is 394 g/mol. The van der Waals surface area contributed by atoms with Gasteiger partial charge in [0.1, 0.15) is 0 Å². The molecule has 1 fully saturated rings. The maximum Gasteiger partial charge on any atom is 0.416 e. The number of aliphatic carboxylic acids is 1. The van der Waals surface area contributed by atoms with E-state index in [1.165, 1.54) is 0 Å². The number of benzene rings is 1. The standard InChI is InChI=1S/C15H17F3N2O5S/c16-15(17,18)9-3-1-4-10(7-9)26(24,25)19-8-13(21)20-12-6-2-5-11(12)14(22)23/h1,3-4,7,11-12,19H,2,5-6,8H2,(H,20,21)(H,22,23)/t11-,12+/m1/s1. The topological polar surface area (TPSA) is 113 Å². The van der Waals surface area contributed by atoms with Crippen LogP contribution in [0.25, 0.3) is 0 Å². The van der Waals surface area contributed by atoms with Crippen molar-refractivity contribution in [3.8, 4) is 0 Å². The largest absolute Gasteiger partial charge is 0.481 e. The fourth-order valence-corrected chi connectivity index (χ4v) is 3.80. The Bertz CT molecular complexity index is 795. The number of carbonyl (C=O) groups is 2. The second-order valence-electron chi connectivity index (χ2n) is 5.90. The summed E-state index contributed by atoms with van der Waals surface area (Å²) in [6, 6.07) is 2.54. The molecule has 0 unspecified atom stereocenters. The highest BCUT2D eigenvalue weighted by Crippen LogP contribution is 2.30. The number of halogens is 3. The lowest BCUT2D eigenvalue weighted by molar-refractivity contribution is -0.142. The zero-order chi connectivity index (χ0) is 19.5. The van der Waals surface area contributed by atoms with Crippen LogP contribution in [-0.4, -0.2) is 38.0 Å². The predicted molar refractivity (Wildman–Crippen MR) is 83.5 cm³/mol. The predicted octanol–water partition coefficient (Wildman–Crippen LogP) is 1.35. The van der Waals surface area contributed by atoms with Gasteiger partial charge >= 0.3 is 12.1 Å². The van der Waals surface area contributed by atoms with Gasteiger partial charge in [-0.25, -0.2) is 13.1 Å². The fraction of sp³-hybridized carbons (Fsp3) is 0.467. The summed E-state index contributed by atoms with van der Waals surface area (Å²) in [6.45, 7) is -0.707. The zero-order valence-corrected chi connectivity index (χ0v) is 14.2. The molecule has 1 aromatic carbocycles. The van der Waals surface area contributed by atoms with Crippen LogP contribution in [0, 0.1) is 5.92 Å². The first-order valence-corrected chi connectivity index (χ1v) is 9.18. The van der Waals surface area contributed by atoms with Gasteiger partial charge in [0, 0.05) is 6.04 Å². The number of rotatable bonds is 6. The summed E-state index contributed by atoms with van der Waals surface area (Å²) in [5.41, 5.74) is -1.12. The molecule has 0 radical (unpaired) electrons. The molecule has 1 aliphatic rings. The van der Waals surface area contributed by atoms with Gasteiger partial charge in [0.25, 0.3) is 0 Å². The second kappa shape index (κ2) is 7.62. The molecule has 1 aliphatic carbocycles. The molecule has 0 spiro atoms. The van der Waals surface area contributed by atoms with E-state index in [4.69, 9.17) is 5.11 Å². The van der Waals surface area contributed by atoms with E-state index < -0.39 is 57.0 Å². The van der Waals surface area contributed by atoms with Gasteiger partial charge in [-0.1, -0.05) is 12.5 Å². The van der Waals surface area contributed by atoms with Crippen molar-refractivity contribution in [3.05, 3.63) is 29.8 Å². The Hall–Kier alpha value is -2.14. The van der Waals surface area contributed by atoms with Gasteiger partial charge in [-0.15, -0.1) is 0 Å². The van der Waals surface area contributed by atoms with Crippen LogP contribution in [0.4, 0.5) is 13.2 Å². The summed E-state index contributed by atoms with van der Waals surface area (Å²) in [5, 5.41) is 11.5. The molecule has 11 heteroatoms. The van der Waals surface area contributed by atoms with E-state index in [-0.39, 0.29) is 0 Å². The van der Waals surface area contributed by atoms with E-state index in [0.717, 1.165) is 18.2 Å². The highest BCUT2D eigenvalue weighted by molar-refractivity contribution is 7.89. The molecule has 3 N–H and O–H groups in total. The Labute approximate surface area is 147 Å². The van der Waals surface area contributed by atoms with Gasteiger partial charge < -0.3 is 10.4 Å². The molecule has 2 atom stereocenters. The Morgan fingerprint density at radius 1 is 1.23 bits per heavy atom. The van der Waals surface area contributed by atoms with Gasteiger partial charge in [-0.2, -0.15) is 13.2 Å². The number of hydrogen-bond acceptors (Lipinski definition) is 4. The first-order valence-electron chi connectivity index (χ1n) is 7.70. The number of sulfonamides is 1. The summed E-state index contributed by atoms with van der Waals surface area (Å²) in [5.74, 6) is -2.53. The molecule has 0 bridgehead atoms. The molecule has 1 amide bonds. The molecule has 26 heavy (non-hydrogen) atoms. The Morgan fingerprint density at radius 2 is 1.92 bits per heavy atom. The first-order chi connectivity index (χ1) is 12.0. The fourth-order valence-electron chi connectivity index (χ4n) is 2.77. The number of hydrogen-bond donors (Lipinski definition) is 3. The molecule has 1 saturated carbocycles. The summed E-state index contributed by atoms with van der Waals surface area (Å²) < 4.78 is 64.1. The molecule has 0 saturated heterocycles. The van der Waals surface area contributed by atoms with Crippen molar-refractivity contribution in [2.45, 2.75) is 36.4 Å². The van der Waals surface area contributed by atoms with Crippen molar-refractivity contribution in [1.29, 1.82) is 0 Å². The number of amides is 1. The summed E-state index contributed by atoms with van der Waals surface area (Å²) in [4.78, 5) is 22.3. The van der Waals surface area contributed by atoms with Crippen LogP contribution in [-0.2, 0) is 25.8 Å². The Morgan fingerprint density at radius 3 is 2.54 bits per heavy atom.